The number of ether oxygens (including phenoxy) is 1. The molecule has 1 atom stereocenters. The van der Waals surface area contributed by atoms with Gasteiger partial charge < -0.3 is 14.5 Å². The van der Waals surface area contributed by atoms with Crippen LogP contribution >= 0.6 is 15.9 Å². The van der Waals surface area contributed by atoms with E-state index in [4.69, 9.17) is 9.15 Å². The van der Waals surface area contributed by atoms with E-state index in [9.17, 15) is 4.79 Å². The van der Waals surface area contributed by atoms with E-state index in [-0.39, 0.29) is 12.0 Å². The van der Waals surface area contributed by atoms with Crippen molar-refractivity contribution in [2.45, 2.75) is 18.9 Å². The molecule has 0 aromatic carbocycles. The standard InChI is InChI=1S/C12H14BrNO3/c13-11-5-3-9(17-11)4-6-12(15)14-8-10-2-1-7-16-10/h3-6,10H,1-2,7-8H2,(H,14,15). The van der Waals surface area contributed by atoms with Crippen LogP contribution in [0, 0.1) is 0 Å². The van der Waals surface area contributed by atoms with Gasteiger partial charge in [-0.3, -0.25) is 4.79 Å². The molecule has 1 aliphatic heterocycles. The van der Waals surface area contributed by atoms with Gasteiger partial charge in [0.05, 0.1) is 6.10 Å². The van der Waals surface area contributed by atoms with Crippen molar-refractivity contribution < 1.29 is 13.9 Å². The van der Waals surface area contributed by atoms with Gasteiger partial charge in [0.25, 0.3) is 0 Å². The average Bonchev–Trinajstić information content (AvgIpc) is 2.95. The Balaban J connectivity index is 1.74. The molecule has 1 unspecified atom stereocenters. The summed E-state index contributed by atoms with van der Waals surface area (Å²) in [5.74, 6) is 0.511. The first-order valence-corrected chi connectivity index (χ1v) is 6.36. The summed E-state index contributed by atoms with van der Waals surface area (Å²) in [6.45, 7) is 1.38. The summed E-state index contributed by atoms with van der Waals surface area (Å²) in [7, 11) is 0. The molecule has 2 heterocycles. The molecule has 92 valence electrons. The lowest BCUT2D eigenvalue weighted by molar-refractivity contribution is -0.116. The zero-order valence-electron chi connectivity index (χ0n) is 9.32. The monoisotopic (exact) mass is 299 g/mol. The SMILES string of the molecule is O=C(C=Cc1ccc(Br)o1)NCC1CCCO1. The van der Waals surface area contributed by atoms with E-state index in [2.05, 4.69) is 21.2 Å². The fourth-order valence-electron chi connectivity index (χ4n) is 1.65. The van der Waals surface area contributed by atoms with E-state index in [1.165, 1.54) is 6.08 Å². The number of carbonyl (C=O) groups is 1. The third-order valence-electron chi connectivity index (χ3n) is 2.52. The summed E-state index contributed by atoms with van der Waals surface area (Å²) in [4.78, 5) is 11.5. The third-order valence-corrected chi connectivity index (χ3v) is 2.95. The van der Waals surface area contributed by atoms with Crippen molar-refractivity contribution in [2.24, 2.45) is 0 Å². The summed E-state index contributed by atoms with van der Waals surface area (Å²) in [6.07, 6.45) is 5.37. The second kappa shape index (κ2) is 6.02. The largest absolute Gasteiger partial charge is 0.450 e. The Kier molecular flexibility index (Phi) is 4.39. The van der Waals surface area contributed by atoms with E-state index in [1.807, 2.05) is 0 Å². The van der Waals surface area contributed by atoms with Gasteiger partial charge in [-0.05, 0) is 47.0 Å². The maximum absolute atomic E-state index is 11.5. The Morgan fingerprint density at radius 1 is 1.59 bits per heavy atom. The highest BCUT2D eigenvalue weighted by molar-refractivity contribution is 9.10. The molecule has 5 heteroatoms. The van der Waals surface area contributed by atoms with Crippen LogP contribution in [-0.4, -0.2) is 25.2 Å². The molecule has 0 spiro atoms. The molecule has 4 nitrogen and oxygen atoms in total. The molecule has 1 fully saturated rings. The molecule has 1 aromatic heterocycles. The summed E-state index contributed by atoms with van der Waals surface area (Å²) in [5.41, 5.74) is 0. The van der Waals surface area contributed by atoms with Crippen molar-refractivity contribution >= 4 is 27.9 Å². The van der Waals surface area contributed by atoms with Gasteiger partial charge in [0, 0.05) is 19.2 Å². The fraction of sp³-hybridized carbons (Fsp3) is 0.417. The summed E-state index contributed by atoms with van der Waals surface area (Å²) in [5, 5.41) is 2.80. The Bertz CT molecular complexity index is 408. The van der Waals surface area contributed by atoms with Gasteiger partial charge in [0.1, 0.15) is 5.76 Å². The number of rotatable bonds is 4. The fourth-order valence-corrected chi connectivity index (χ4v) is 1.97. The van der Waals surface area contributed by atoms with Crippen LogP contribution < -0.4 is 5.32 Å². The minimum Gasteiger partial charge on any atom is -0.450 e. The lowest BCUT2D eigenvalue weighted by Crippen LogP contribution is -2.30. The first kappa shape index (κ1) is 12.4. The Morgan fingerprint density at radius 2 is 2.47 bits per heavy atom. The van der Waals surface area contributed by atoms with Crippen molar-refractivity contribution in [1.29, 1.82) is 0 Å². The first-order chi connectivity index (χ1) is 8.24. The Hall–Kier alpha value is -1.07. The summed E-state index contributed by atoms with van der Waals surface area (Å²) < 4.78 is 11.3. The highest BCUT2D eigenvalue weighted by Gasteiger charge is 2.15. The highest BCUT2D eigenvalue weighted by Crippen LogP contribution is 2.15. The molecular weight excluding hydrogens is 286 g/mol. The third kappa shape index (κ3) is 4.02. The molecule has 17 heavy (non-hydrogen) atoms. The van der Waals surface area contributed by atoms with Gasteiger partial charge in [-0.2, -0.15) is 0 Å². The smallest absolute Gasteiger partial charge is 0.244 e. The number of amides is 1. The van der Waals surface area contributed by atoms with E-state index >= 15 is 0 Å². The van der Waals surface area contributed by atoms with Crippen LogP contribution in [-0.2, 0) is 9.53 Å². The number of halogens is 1. The molecule has 0 radical (unpaired) electrons. The van der Waals surface area contributed by atoms with Crippen LogP contribution in [0.4, 0.5) is 0 Å². The number of nitrogens with one attached hydrogen (secondary N) is 1. The lowest BCUT2D eigenvalue weighted by Gasteiger charge is -2.08. The van der Waals surface area contributed by atoms with E-state index in [1.54, 1.807) is 18.2 Å². The van der Waals surface area contributed by atoms with Gasteiger partial charge in [-0.15, -0.1) is 0 Å². The van der Waals surface area contributed by atoms with Crippen molar-refractivity contribution in [2.75, 3.05) is 13.2 Å². The van der Waals surface area contributed by atoms with Gasteiger partial charge in [0.15, 0.2) is 4.67 Å². The van der Waals surface area contributed by atoms with Crippen molar-refractivity contribution in [3.8, 4) is 0 Å². The molecule has 1 saturated heterocycles. The second-order valence-corrected chi connectivity index (χ2v) is 4.64. The number of furan rings is 1. The lowest BCUT2D eigenvalue weighted by atomic mass is 10.2. The minimum absolute atomic E-state index is 0.131. The van der Waals surface area contributed by atoms with E-state index in [0.717, 1.165) is 19.4 Å². The Labute approximate surface area is 108 Å². The molecule has 1 amide bonds. The summed E-state index contributed by atoms with van der Waals surface area (Å²) in [6, 6.07) is 3.57. The zero-order chi connectivity index (χ0) is 12.1. The maximum atomic E-state index is 11.5. The van der Waals surface area contributed by atoms with Crippen molar-refractivity contribution in [3.63, 3.8) is 0 Å². The number of carbonyl (C=O) groups excluding carboxylic acids is 1. The molecule has 0 aliphatic carbocycles. The van der Waals surface area contributed by atoms with Crippen molar-refractivity contribution in [1.82, 2.24) is 5.32 Å². The van der Waals surface area contributed by atoms with E-state index in [0.29, 0.717) is 17.0 Å². The maximum Gasteiger partial charge on any atom is 0.244 e. The van der Waals surface area contributed by atoms with Crippen LogP contribution in [0.5, 0.6) is 0 Å². The molecule has 2 rings (SSSR count). The molecular formula is C12H14BrNO3. The number of hydrogen-bond donors (Lipinski definition) is 1. The van der Waals surface area contributed by atoms with Gasteiger partial charge >= 0.3 is 0 Å². The molecule has 0 saturated carbocycles. The van der Waals surface area contributed by atoms with Crippen LogP contribution in [0.2, 0.25) is 0 Å². The van der Waals surface area contributed by atoms with Gasteiger partial charge in [0.2, 0.25) is 5.91 Å². The quantitative estimate of drug-likeness (QED) is 0.868. The van der Waals surface area contributed by atoms with Gasteiger partial charge in [-0.1, -0.05) is 0 Å². The molecule has 1 aromatic rings. The zero-order valence-corrected chi connectivity index (χ0v) is 10.9. The van der Waals surface area contributed by atoms with Crippen molar-refractivity contribution in [3.05, 3.63) is 28.6 Å². The van der Waals surface area contributed by atoms with Crippen LogP contribution in [0.3, 0.4) is 0 Å². The van der Waals surface area contributed by atoms with Crippen LogP contribution in [0.1, 0.15) is 18.6 Å². The normalized spacial score (nSPS) is 19.9. The van der Waals surface area contributed by atoms with Crippen LogP contribution in [0.25, 0.3) is 6.08 Å². The topological polar surface area (TPSA) is 51.5 Å². The number of hydrogen-bond acceptors (Lipinski definition) is 3. The van der Waals surface area contributed by atoms with Gasteiger partial charge in [-0.25, -0.2) is 0 Å². The summed E-state index contributed by atoms with van der Waals surface area (Å²) >= 11 is 3.20. The predicted octanol–water partition coefficient (Wildman–Crippen LogP) is 2.35. The Morgan fingerprint density at radius 3 is 3.12 bits per heavy atom. The predicted molar refractivity (Wildman–Crippen MR) is 67.4 cm³/mol. The first-order valence-electron chi connectivity index (χ1n) is 5.57. The molecule has 0 bridgehead atoms. The second-order valence-electron chi connectivity index (χ2n) is 3.86. The highest BCUT2D eigenvalue weighted by atomic mass is 79.9. The molecule has 1 N–H and O–H groups in total. The minimum atomic E-state index is -0.131. The van der Waals surface area contributed by atoms with E-state index < -0.39 is 0 Å². The molecule has 1 aliphatic rings. The average molecular weight is 300 g/mol. The van der Waals surface area contributed by atoms with Crippen LogP contribution in [0.15, 0.2) is 27.3 Å².